The van der Waals surface area contributed by atoms with Gasteiger partial charge in [0.2, 0.25) is 6.79 Å². The van der Waals surface area contributed by atoms with Gasteiger partial charge in [0.1, 0.15) is 0 Å². The lowest BCUT2D eigenvalue weighted by molar-refractivity contribution is 0.0628. The number of carbonyl (C=O) groups is 1. The maximum absolute atomic E-state index is 12.6. The largest absolute Gasteiger partial charge is 0.454 e. The van der Waals surface area contributed by atoms with E-state index in [0.717, 1.165) is 49.8 Å². The molecule has 5 nitrogen and oxygen atoms in total. The van der Waals surface area contributed by atoms with Gasteiger partial charge >= 0.3 is 0 Å². The van der Waals surface area contributed by atoms with E-state index in [4.69, 9.17) is 9.47 Å². The fourth-order valence-electron chi connectivity index (χ4n) is 3.29. The first kappa shape index (κ1) is 18.5. The van der Waals surface area contributed by atoms with Crippen molar-refractivity contribution in [1.29, 1.82) is 0 Å². The molecule has 1 saturated heterocycles. The van der Waals surface area contributed by atoms with Gasteiger partial charge in [0.25, 0.3) is 5.91 Å². The van der Waals surface area contributed by atoms with E-state index in [9.17, 15) is 4.79 Å². The van der Waals surface area contributed by atoms with Crippen molar-refractivity contribution in [3.63, 3.8) is 0 Å². The molecule has 0 unspecified atom stereocenters. The Hall–Kier alpha value is -2.24. The van der Waals surface area contributed by atoms with E-state index in [2.05, 4.69) is 11.0 Å². The molecule has 0 atom stereocenters. The summed E-state index contributed by atoms with van der Waals surface area (Å²) in [5, 5.41) is 0. The van der Waals surface area contributed by atoms with E-state index in [1.54, 1.807) is 0 Å². The van der Waals surface area contributed by atoms with Crippen LogP contribution in [0.1, 0.15) is 21.5 Å². The Balaban J connectivity index is 0.00000196. The van der Waals surface area contributed by atoms with Gasteiger partial charge in [-0.1, -0.05) is 23.8 Å². The number of aryl methyl sites for hydroxylation is 1. The summed E-state index contributed by atoms with van der Waals surface area (Å²) < 4.78 is 10.8. The minimum atomic E-state index is 0. The molecule has 2 aromatic rings. The summed E-state index contributed by atoms with van der Waals surface area (Å²) in [6.07, 6.45) is 0. The predicted octanol–water partition coefficient (Wildman–Crippen LogP) is 3.10. The van der Waals surface area contributed by atoms with E-state index in [1.807, 2.05) is 48.2 Å². The van der Waals surface area contributed by atoms with Crippen molar-refractivity contribution < 1.29 is 14.3 Å². The van der Waals surface area contributed by atoms with Crippen molar-refractivity contribution in [2.24, 2.45) is 0 Å². The van der Waals surface area contributed by atoms with Crippen molar-refractivity contribution in [2.75, 3.05) is 33.0 Å². The van der Waals surface area contributed by atoms with Crippen LogP contribution in [0.3, 0.4) is 0 Å². The number of ether oxygens (including phenoxy) is 2. The molecule has 0 aromatic heterocycles. The summed E-state index contributed by atoms with van der Waals surface area (Å²) in [5.74, 6) is 1.77. The molecular formula is C20H23ClN2O3. The highest BCUT2D eigenvalue weighted by Gasteiger charge is 2.22. The zero-order chi connectivity index (χ0) is 17.2. The summed E-state index contributed by atoms with van der Waals surface area (Å²) in [6, 6.07) is 13.9. The van der Waals surface area contributed by atoms with Crippen LogP contribution in [0, 0.1) is 6.92 Å². The number of piperazine rings is 1. The van der Waals surface area contributed by atoms with Crippen molar-refractivity contribution in [2.45, 2.75) is 13.5 Å². The second-order valence-electron chi connectivity index (χ2n) is 6.62. The van der Waals surface area contributed by atoms with Crippen LogP contribution in [-0.2, 0) is 6.54 Å². The number of hydrogen-bond donors (Lipinski definition) is 0. The molecule has 0 saturated carbocycles. The maximum Gasteiger partial charge on any atom is 0.253 e. The van der Waals surface area contributed by atoms with Gasteiger partial charge in [-0.2, -0.15) is 0 Å². The highest BCUT2D eigenvalue weighted by Crippen LogP contribution is 2.32. The first-order chi connectivity index (χ1) is 12.2. The quantitative estimate of drug-likeness (QED) is 0.827. The molecule has 0 spiro atoms. The average Bonchev–Trinajstić information content (AvgIpc) is 3.10. The standard InChI is InChI=1S/C20H22N2O3.ClH/c1-15-2-5-17(6-3-15)20(23)22-10-8-21(9-11-22)13-16-4-7-18-19(12-16)25-14-24-18;/h2-7,12H,8-11,13-14H2,1H3;1H. The summed E-state index contributed by atoms with van der Waals surface area (Å²) in [5.41, 5.74) is 3.16. The van der Waals surface area contributed by atoms with Gasteiger partial charge in [-0.15, -0.1) is 12.4 Å². The number of rotatable bonds is 3. The SMILES string of the molecule is Cc1ccc(C(=O)N2CCN(Cc3ccc4c(c3)OCO4)CC2)cc1.Cl. The zero-order valence-corrected chi connectivity index (χ0v) is 15.6. The van der Waals surface area contributed by atoms with E-state index >= 15 is 0 Å². The first-order valence-corrected chi connectivity index (χ1v) is 8.66. The van der Waals surface area contributed by atoms with Gasteiger partial charge in [-0.3, -0.25) is 9.69 Å². The van der Waals surface area contributed by atoms with Gasteiger partial charge in [0.05, 0.1) is 0 Å². The van der Waals surface area contributed by atoms with E-state index in [0.29, 0.717) is 6.79 Å². The number of carbonyl (C=O) groups excluding carboxylic acids is 1. The molecule has 26 heavy (non-hydrogen) atoms. The summed E-state index contributed by atoms with van der Waals surface area (Å²) in [4.78, 5) is 16.9. The molecular weight excluding hydrogens is 352 g/mol. The van der Waals surface area contributed by atoms with Crippen molar-refractivity contribution in [3.8, 4) is 11.5 Å². The Kier molecular flexibility index (Phi) is 5.69. The molecule has 4 rings (SSSR count). The lowest BCUT2D eigenvalue weighted by atomic mass is 10.1. The third kappa shape index (κ3) is 3.94. The number of nitrogens with zero attached hydrogens (tertiary/aromatic N) is 2. The van der Waals surface area contributed by atoms with Crippen LogP contribution in [0.4, 0.5) is 0 Å². The molecule has 0 radical (unpaired) electrons. The molecule has 2 aromatic carbocycles. The van der Waals surface area contributed by atoms with E-state index < -0.39 is 0 Å². The Labute approximate surface area is 159 Å². The normalized spacial score (nSPS) is 16.3. The second kappa shape index (κ2) is 7.98. The highest BCUT2D eigenvalue weighted by molar-refractivity contribution is 5.94. The average molecular weight is 375 g/mol. The fraction of sp³-hybridized carbons (Fsp3) is 0.350. The minimum absolute atomic E-state index is 0. The van der Waals surface area contributed by atoms with Crippen LogP contribution >= 0.6 is 12.4 Å². The molecule has 2 heterocycles. The smallest absolute Gasteiger partial charge is 0.253 e. The lowest BCUT2D eigenvalue weighted by Crippen LogP contribution is -2.48. The Morgan fingerprint density at radius 2 is 1.65 bits per heavy atom. The highest BCUT2D eigenvalue weighted by atomic mass is 35.5. The summed E-state index contributed by atoms with van der Waals surface area (Å²) in [6.45, 7) is 6.48. The molecule has 0 N–H and O–H groups in total. The predicted molar refractivity (Wildman–Crippen MR) is 102 cm³/mol. The van der Waals surface area contributed by atoms with Crippen molar-refractivity contribution in [3.05, 3.63) is 59.2 Å². The molecule has 2 aliphatic rings. The van der Waals surface area contributed by atoms with Gasteiger partial charge in [0.15, 0.2) is 11.5 Å². The van der Waals surface area contributed by atoms with Crippen LogP contribution in [-0.4, -0.2) is 48.7 Å². The maximum atomic E-state index is 12.6. The van der Waals surface area contributed by atoms with Gasteiger partial charge < -0.3 is 14.4 Å². The molecule has 1 amide bonds. The van der Waals surface area contributed by atoms with Crippen LogP contribution < -0.4 is 9.47 Å². The minimum Gasteiger partial charge on any atom is -0.454 e. The Morgan fingerprint density at radius 1 is 0.962 bits per heavy atom. The van der Waals surface area contributed by atoms with E-state index in [1.165, 1.54) is 11.1 Å². The van der Waals surface area contributed by atoms with Crippen LogP contribution in [0.15, 0.2) is 42.5 Å². The molecule has 138 valence electrons. The number of fused-ring (bicyclic) bond motifs is 1. The third-order valence-corrected chi connectivity index (χ3v) is 4.80. The molecule has 6 heteroatoms. The molecule has 0 bridgehead atoms. The van der Waals surface area contributed by atoms with Crippen molar-refractivity contribution in [1.82, 2.24) is 9.80 Å². The van der Waals surface area contributed by atoms with Crippen molar-refractivity contribution >= 4 is 18.3 Å². The van der Waals surface area contributed by atoms with Gasteiger partial charge in [-0.25, -0.2) is 0 Å². The number of halogens is 1. The van der Waals surface area contributed by atoms with Crippen LogP contribution in [0.25, 0.3) is 0 Å². The fourth-order valence-corrected chi connectivity index (χ4v) is 3.29. The third-order valence-electron chi connectivity index (χ3n) is 4.80. The molecule has 1 fully saturated rings. The lowest BCUT2D eigenvalue weighted by Gasteiger charge is -2.34. The Morgan fingerprint density at radius 3 is 2.38 bits per heavy atom. The Bertz CT molecular complexity index is 771. The van der Waals surface area contributed by atoms with Crippen LogP contribution in [0.5, 0.6) is 11.5 Å². The number of hydrogen-bond acceptors (Lipinski definition) is 4. The number of benzene rings is 2. The second-order valence-corrected chi connectivity index (χ2v) is 6.62. The number of amides is 1. The topological polar surface area (TPSA) is 42.0 Å². The summed E-state index contributed by atoms with van der Waals surface area (Å²) >= 11 is 0. The zero-order valence-electron chi connectivity index (χ0n) is 14.8. The van der Waals surface area contributed by atoms with Gasteiger partial charge in [-0.05, 0) is 36.8 Å². The first-order valence-electron chi connectivity index (χ1n) is 8.66. The monoisotopic (exact) mass is 374 g/mol. The van der Waals surface area contributed by atoms with Crippen LogP contribution in [0.2, 0.25) is 0 Å². The molecule has 2 aliphatic heterocycles. The molecule has 0 aliphatic carbocycles. The summed E-state index contributed by atoms with van der Waals surface area (Å²) in [7, 11) is 0. The van der Waals surface area contributed by atoms with Gasteiger partial charge in [0, 0.05) is 38.3 Å². The van der Waals surface area contributed by atoms with E-state index in [-0.39, 0.29) is 18.3 Å².